The second-order valence-corrected chi connectivity index (χ2v) is 7.68. The van der Waals surface area contributed by atoms with Crippen LogP contribution in [0.3, 0.4) is 0 Å². The zero-order valence-electron chi connectivity index (χ0n) is 17.2. The summed E-state index contributed by atoms with van der Waals surface area (Å²) in [5.74, 6) is 0.293. The zero-order valence-corrected chi connectivity index (χ0v) is 17.2. The van der Waals surface area contributed by atoms with Gasteiger partial charge in [-0.2, -0.15) is 0 Å². The molecule has 2 aromatic heterocycles. The minimum atomic E-state index is -0.101. The molecule has 0 bridgehead atoms. The first kappa shape index (κ1) is 18.9. The molecule has 154 valence electrons. The van der Waals surface area contributed by atoms with Crippen LogP contribution in [-0.4, -0.2) is 15.5 Å². The van der Waals surface area contributed by atoms with Gasteiger partial charge >= 0.3 is 0 Å². The number of anilines is 2. The minimum absolute atomic E-state index is 0.101. The number of fused-ring (bicyclic) bond motifs is 4. The van der Waals surface area contributed by atoms with E-state index in [0.717, 1.165) is 44.7 Å². The molecule has 31 heavy (non-hydrogen) atoms. The predicted octanol–water partition coefficient (Wildman–Crippen LogP) is 4.46. The lowest BCUT2D eigenvalue weighted by atomic mass is 10.1. The Balaban J connectivity index is 1.47. The Morgan fingerprint density at radius 1 is 1.00 bits per heavy atom. The Kier molecular flexibility index (Phi) is 4.47. The molecule has 0 aliphatic heterocycles. The number of pyridine rings is 1. The van der Waals surface area contributed by atoms with Gasteiger partial charge in [0.25, 0.3) is 5.91 Å². The Bertz CT molecular complexity index is 1470. The maximum Gasteiger partial charge on any atom is 0.253 e. The number of amides is 1. The number of nitrogens with zero attached hydrogens (tertiary/aromatic N) is 2. The van der Waals surface area contributed by atoms with E-state index in [-0.39, 0.29) is 5.91 Å². The number of nitrogens with two attached hydrogens (primary N) is 2. The van der Waals surface area contributed by atoms with Gasteiger partial charge in [0.1, 0.15) is 5.82 Å². The highest BCUT2D eigenvalue weighted by Crippen LogP contribution is 2.29. The van der Waals surface area contributed by atoms with E-state index in [1.165, 1.54) is 0 Å². The van der Waals surface area contributed by atoms with Crippen LogP contribution in [-0.2, 0) is 13.1 Å². The summed E-state index contributed by atoms with van der Waals surface area (Å²) in [5.41, 5.74) is 15.9. The molecule has 1 amide bonds. The number of carbonyl (C=O) groups excluding carboxylic acids is 1. The van der Waals surface area contributed by atoms with Crippen molar-refractivity contribution in [3.63, 3.8) is 0 Å². The highest BCUT2D eigenvalue weighted by molar-refractivity contribution is 6.14. The minimum Gasteiger partial charge on any atom is -0.398 e. The van der Waals surface area contributed by atoms with Gasteiger partial charge in [0.2, 0.25) is 0 Å². The van der Waals surface area contributed by atoms with Crippen LogP contribution >= 0.6 is 0 Å². The maximum atomic E-state index is 13.1. The summed E-state index contributed by atoms with van der Waals surface area (Å²) in [7, 11) is 0. The molecule has 6 heteroatoms. The first-order chi connectivity index (χ1) is 15.0. The molecule has 0 atom stereocenters. The standard InChI is InChI=1S/C25H23N5O/c1-2-30-14-20(18-9-8-16-5-3-4-6-17(16)24(18)30)25(31)28-13-15-7-10-22-19(11-15)21(26)12-23(27)29-22/h3-12,14H,2,13H2,1H3,(H,28,31)(H4,26,27,29). The molecule has 6 nitrogen and oxygen atoms in total. The second kappa shape index (κ2) is 7.32. The van der Waals surface area contributed by atoms with E-state index in [4.69, 9.17) is 11.5 Å². The molecule has 0 saturated heterocycles. The summed E-state index contributed by atoms with van der Waals surface area (Å²) in [5, 5.41) is 7.15. The number of aromatic nitrogens is 2. The van der Waals surface area contributed by atoms with Gasteiger partial charge in [-0.3, -0.25) is 4.79 Å². The van der Waals surface area contributed by atoms with Gasteiger partial charge in [-0.15, -0.1) is 0 Å². The number of hydrogen-bond acceptors (Lipinski definition) is 4. The van der Waals surface area contributed by atoms with Crippen LogP contribution in [0.1, 0.15) is 22.8 Å². The lowest BCUT2D eigenvalue weighted by molar-refractivity contribution is 0.0952. The fourth-order valence-corrected chi connectivity index (χ4v) is 4.21. The average molecular weight is 409 g/mol. The normalized spacial score (nSPS) is 11.4. The number of carbonyl (C=O) groups is 1. The van der Waals surface area contributed by atoms with E-state index in [0.29, 0.717) is 23.6 Å². The monoisotopic (exact) mass is 409 g/mol. The van der Waals surface area contributed by atoms with Gasteiger partial charge in [-0.25, -0.2) is 4.98 Å². The van der Waals surface area contributed by atoms with Crippen molar-refractivity contribution in [1.82, 2.24) is 14.9 Å². The molecule has 5 N–H and O–H groups in total. The SMILES string of the molecule is CCn1cc(C(=O)NCc2ccc3nc(N)cc(N)c3c2)c2ccc3ccccc3c21. The van der Waals surface area contributed by atoms with Crippen molar-refractivity contribution in [3.05, 3.63) is 78.0 Å². The number of benzene rings is 3. The first-order valence-electron chi connectivity index (χ1n) is 10.3. The maximum absolute atomic E-state index is 13.1. The van der Waals surface area contributed by atoms with E-state index >= 15 is 0 Å². The van der Waals surface area contributed by atoms with Crippen molar-refractivity contribution in [2.75, 3.05) is 11.5 Å². The average Bonchev–Trinajstić information content (AvgIpc) is 3.17. The molecule has 0 aliphatic rings. The molecule has 0 fully saturated rings. The molecule has 0 spiro atoms. The summed E-state index contributed by atoms with van der Waals surface area (Å²) in [6.45, 7) is 3.27. The molecular formula is C25H23N5O. The number of hydrogen-bond donors (Lipinski definition) is 3. The third-order valence-electron chi connectivity index (χ3n) is 5.73. The Hall–Kier alpha value is -4.06. The summed E-state index contributed by atoms with van der Waals surface area (Å²) in [6.07, 6.45) is 1.94. The van der Waals surface area contributed by atoms with Gasteiger partial charge in [0.05, 0.1) is 16.6 Å². The molecule has 5 rings (SSSR count). The van der Waals surface area contributed by atoms with Gasteiger partial charge in [-0.05, 0) is 30.0 Å². The number of aryl methyl sites for hydroxylation is 1. The lowest BCUT2D eigenvalue weighted by Gasteiger charge is -2.08. The Morgan fingerprint density at radius 3 is 2.68 bits per heavy atom. The second-order valence-electron chi connectivity index (χ2n) is 7.68. The molecule has 0 aliphatic carbocycles. The third-order valence-corrected chi connectivity index (χ3v) is 5.73. The van der Waals surface area contributed by atoms with E-state index in [2.05, 4.69) is 40.0 Å². The topological polar surface area (TPSA) is 99.0 Å². The molecule has 0 unspecified atom stereocenters. The van der Waals surface area contributed by atoms with Crippen LogP contribution in [0.4, 0.5) is 11.5 Å². The number of nitrogens with one attached hydrogen (secondary N) is 1. The summed E-state index contributed by atoms with van der Waals surface area (Å²) < 4.78 is 2.14. The fraction of sp³-hybridized carbons (Fsp3) is 0.120. The Labute approximate surface area is 179 Å². The lowest BCUT2D eigenvalue weighted by Crippen LogP contribution is -2.22. The van der Waals surface area contributed by atoms with Crippen molar-refractivity contribution >= 4 is 50.0 Å². The van der Waals surface area contributed by atoms with E-state index in [9.17, 15) is 4.79 Å². The zero-order chi connectivity index (χ0) is 21.5. The Morgan fingerprint density at radius 2 is 1.84 bits per heavy atom. The third kappa shape index (κ3) is 3.22. The quantitative estimate of drug-likeness (QED) is 0.408. The first-order valence-corrected chi connectivity index (χ1v) is 10.3. The number of nitrogen functional groups attached to an aromatic ring is 2. The van der Waals surface area contributed by atoms with Crippen LogP contribution in [0.15, 0.2) is 66.9 Å². The van der Waals surface area contributed by atoms with Crippen LogP contribution in [0.25, 0.3) is 32.6 Å². The van der Waals surface area contributed by atoms with Crippen molar-refractivity contribution < 1.29 is 4.79 Å². The smallest absolute Gasteiger partial charge is 0.253 e. The number of rotatable bonds is 4. The van der Waals surface area contributed by atoms with Gasteiger partial charge in [0.15, 0.2) is 0 Å². The molecule has 3 aromatic carbocycles. The highest BCUT2D eigenvalue weighted by atomic mass is 16.1. The van der Waals surface area contributed by atoms with E-state index in [1.54, 1.807) is 6.07 Å². The summed E-state index contributed by atoms with van der Waals surface area (Å²) in [4.78, 5) is 17.4. The van der Waals surface area contributed by atoms with Crippen molar-refractivity contribution in [2.45, 2.75) is 20.0 Å². The molecule has 5 aromatic rings. The predicted molar refractivity (Wildman–Crippen MR) is 127 cm³/mol. The van der Waals surface area contributed by atoms with Crippen LogP contribution in [0.2, 0.25) is 0 Å². The van der Waals surface area contributed by atoms with E-state index in [1.807, 2.05) is 42.6 Å². The molecular weight excluding hydrogens is 386 g/mol. The van der Waals surface area contributed by atoms with Gasteiger partial charge in [-0.1, -0.05) is 42.5 Å². The van der Waals surface area contributed by atoms with Crippen molar-refractivity contribution in [2.24, 2.45) is 0 Å². The molecule has 2 heterocycles. The molecule has 0 saturated carbocycles. The summed E-state index contributed by atoms with van der Waals surface area (Å²) in [6, 6.07) is 19.8. The van der Waals surface area contributed by atoms with E-state index < -0.39 is 0 Å². The van der Waals surface area contributed by atoms with Crippen molar-refractivity contribution in [3.8, 4) is 0 Å². The van der Waals surface area contributed by atoms with Crippen molar-refractivity contribution in [1.29, 1.82) is 0 Å². The van der Waals surface area contributed by atoms with Gasteiger partial charge < -0.3 is 21.4 Å². The van der Waals surface area contributed by atoms with Gasteiger partial charge in [0, 0.05) is 47.2 Å². The summed E-state index contributed by atoms with van der Waals surface area (Å²) >= 11 is 0. The molecule has 0 radical (unpaired) electrons. The van der Waals surface area contributed by atoms with Crippen LogP contribution in [0.5, 0.6) is 0 Å². The highest BCUT2D eigenvalue weighted by Gasteiger charge is 2.16. The van der Waals surface area contributed by atoms with Crippen LogP contribution < -0.4 is 16.8 Å². The fourth-order valence-electron chi connectivity index (χ4n) is 4.21. The van der Waals surface area contributed by atoms with Crippen LogP contribution in [0, 0.1) is 0 Å². The largest absolute Gasteiger partial charge is 0.398 e.